The molecule has 22 heavy (non-hydrogen) atoms. The van der Waals surface area contributed by atoms with Gasteiger partial charge in [0, 0.05) is 32.4 Å². The van der Waals surface area contributed by atoms with Crippen molar-refractivity contribution in [2.24, 2.45) is 0 Å². The summed E-state index contributed by atoms with van der Waals surface area (Å²) < 4.78 is 19.1. The summed E-state index contributed by atoms with van der Waals surface area (Å²) in [6.45, 7) is 7.55. The molecule has 2 heterocycles. The SMILES string of the molecule is CC(C)(C)OC(=O)N1CCN(C(=S)c2ncccc2F)CC1. The third kappa shape index (κ3) is 4.13. The number of carbonyl (C=O) groups excluding carboxylic acids is 1. The summed E-state index contributed by atoms with van der Waals surface area (Å²) in [4.78, 5) is 19.9. The maximum atomic E-state index is 13.7. The quantitative estimate of drug-likeness (QED) is 0.742. The third-order valence-electron chi connectivity index (χ3n) is 3.18. The minimum Gasteiger partial charge on any atom is -0.444 e. The lowest BCUT2D eigenvalue weighted by Gasteiger charge is -2.36. The Bertz CT molecular complexity index is 566. The number of piperazine rings is 1. The zero-order valence-electron chi connectivity index (χ0n) is 13.0. The Morgan fingerprint density at radius 2 is 1.86 bits per heavy atom. The molecule has 0 bridgehead atoms. The van der Waals surface area contributed by atoms with Crippen LogP contribution in [0.5, 0.6) is 0 Å². The van der Waals surface area contributed by atoms with Crippen LogP contribution in [0.2, 0.25) is 0 Å². The van der Waals surface area contributed by atoms with Gasteiger partial charge in [-0.25, -0.2) is 9.18 Å². The maximum absolute atomic E-state index is 13.7. The predicted octanol–water partition coefficient (Wildman–Crippen LogP) is 2.45. The number of nitrogens with zero attached hydrogens (tertiary/aromatic N) is 3. The number of aromatic nitrogens is 1. The summed E-state index contributed by atoms with van der Waals surface area (Å²) in [5, 5.41) is 0. The summed E-state index contributed by atoms with van der Waals surface area (Å²) in [6.07, 6.45) is 1.18. The molecule has 1 aliphatic heterocycles. The molecule has 120 valence electrons. The summed E-state index contributed by atoms with van der Waals surface area (Å²) in [5.41, 5.74) is -0.330. The van der Waals surface area contributed by atoms with E-state index in [1.165, 1.54) is 18.3 Å². The average Bonchev–Trinajstić information content (AvgIpc) is 2.45. The van der Waals surface area contributed by atoms with Crippen molar-refractivity contribution >= 4 is 23.3 Å². The number of hydrogen-bond donors (Lipinski definition) is 0. The van der Waals surface area contributed by atoms with Crippen molar-refractivity contribution in [3.8, 4) is 0 Å². The number of hydrogen-bond acceptors (Lipinski definition) is 4. The van der Waals surface area contributed by atoms with Crippen molar-refractivity contribution in [3.05, 3.63) is 29.8 Å². The van der Waals surface area contributed by atoms with Crippen LogP contribution in [0.3, 0.4) is 0 Å². The lowest BCUT2D eigenvalue weighted by Crippen LogP contribution is -2.51. The van der Waals surface area contributed by atoms with Gasteiger partial charge in [-0.2, -0.15) is 0 Å². The van der Waals surface area contributed by atoms with Gasteiger partial charge in [0.2, 0.25) is 0 Å². The highest BCUT2D eigenvalue weighted by Gasteiger charge is 2.27. The molecule has 0 unspecified atom stereocenters. The fourth-order valence-electron chi connectivity index (χ4n) is 2.11. The van der Waals surface area contributed by atoms with Gasteiger partial charge in [0.1, 0.15) is 16.3 Å². The van der Waals surface area contributed by atoms with Crippen LogP contribution in [-0.4, -0.2) is 57.6 Å². The van der Waals surface area contributed by atoms with Crippen LogP contribution in [-0.2, 0) is 4.74 Å². The van der Waals surface area contributed by atoms with Gasteiger partial charge in [0.25, 0.3) is 0 Å². The van der Waals surface area contributed by atoms with Crippen molar-refractivity contribution < 1.29 is 13.9 Å². The number of carbonyl (C=O) groups is 1. The van der Waals surface area contributed by atoms with E-state index >= 15 is 0 Å². The fourth-order valence-corrected chi connectivity index (χ4v) is 2.44. The second-order valence-corrected chi connectivity index (χ2v) is 6.48. The smallest absolute Gasteiger partial charge is 0.410 e. The van der Waals surface area contributed by atoms with Crippen LogP contribution >= 0.6 is 12.2 Å². The molecular formula is C15H20FN3O2S. The number of pyridine rings is 1. The first-order valence-electron chi connectivity index (χ1n) is 7.15. The van der Waals surface area contributed by atoms with Gasteiger partial charge in [-0.3, -0.25) is 4.98 Å². The Morgan fingerprint density at radius 1 is 1.27 bits per heavy atom. The van der Waals surface area contributed by atoms with Crippen molar-refractivity contribution in [2.45, 2.75) is 26.4 Å². The summed E-state index contributed by atoms with van der Waals surface area (Å²) >= 11 is 5.31. The summed E-state index contributed by atoms with van der Waals surface area (Å²) in [7, 11) is 0. The number of rotatable bonds is 1. The van der Waals surface area contributed by atoms with Gasteiger partial charge >= 0.3 is 6.09 Å². The van der Waals surface area contributed by atoms with Crippen molar-refractivity contribution in [2.75, 3.05) is 26.2 Å². The lowest BCUT2D eigenvalue weighted by atomic mass is 10.2. The molecule has 2 rings (SSSR count). The second kappa shape index (κ2) is 6.56. The number of ether oxygens (including phenoxy) is 1. The molecule has 1 aromatic rings. The third-order valence-corrected chi connectivity index (χ3v) is 3.63. The van der Waals surface area contributed by atoms with E-state index in [1.54, 1.807) is 4.90 Å². The zero-order valence-corrected chi connectivity index (χ0v) is 13.8. The molecule has 5 nitrogen and oxygen atoms in total. The van der Waals surface area contributed by atoms with Gasteiger partial charge in [-0.1, -0.05) is 12.2 Å². The molecule has 7 heteroatoms. The van der Waals surface area contributed by atoms with Gasteiger partial charge < -0.3 is 14.5 Å². The van der Waals surface area contributed by atoms with E-state index in [-0.39, 0.29) is 11.8 Å². The zero-order chi connectivity index (χ0) is 16.3. The summed E-state index contributed by atoms with van der Waals surface area (Å²) in [5.74, 6) is -0.429. The highest BCUT2D eigenvalue weighted by atomic mass is 32.1. The Labute approximate surface area is 135 Å². The normalized spacial score (nSPS) is 15.6. The van der Waals surface area contributed by atoms with Crippen LogP contribution < -0.4 is 0 Å². The molecule has 0 atom stereocenters. The first kappa shape index (κ1) is 16.6. The summed E-state index contributed by atoms with van der Waals surface area (Å²) in [6, 6.07) is 2.87. The van der Waals surface area contributed by atoms with Gasteiger partial charge in [0.15, 0.2) is 5.82 Å². The molecule has 0 N–H and O–H groups in total. The van der Waals surface area contributed by atoms with Crippen LogP contribution in [0, 0.1) is 5.82 Å². The van der Waals surface area contributed by atoms with E-state index in [0.29, 0.717) is 31.2 Å². The van der Waals surface area contributed by atoms with Crippen molar-refractivity contribution in [1.82, 2.24) is 14.8 Å². The first-order chi connectivity index (χ1) is 10.3. The van der Waals surface area contributed by atoms with E-state index in [9.17, 15) is 9.18 Å². The Hall–Kier alpha value is -1.76. The van der Waals surface area contributed by atoms with Crippen molar-refractivity contribution in [3.63, 3.8) is 0 Å². The Balaban J connectivity index is 1.94. The molecule has 1 saturated heterocycles. The van der Waals surface area contributed by atoms with Crippen LogP contribution in [0.4, 0.5) is 9.18 Å². The van der Waals surface area contributed by atoms with E-state index in [1.807, 2.05) is 25.7 Å². The highest BCUT2D eigenvalue weighted by Crippen LogP contribution is 2.14. The predicted molar refractivity (Wildman–Crippen MR) is 85.3 cm³/mol. The topological polar surface area (TPSA) is 45.7 Å². The van der Waals surface area contributed by atoms with E-state index in [2.05, 4.69) is 4.98 Å². The van der Waals surface area contributed by atoms with Gasteiger partial charge in [-0.15, -0.1) is 0 Å². The Kier molecular flexibility index (Phi) is 4.95. The van der Waals surface area contributed by atoms with Crippen LogP contribution in [0.25, 0.3) is 0 Å². The van der Waals surface area contributed by atoms with Crippen molar-refractivity contribution in [1.29, 1.82) is 0 Å². The Morgan fingerprint density at radius 3 is 2.41 bits per heavy atom. The molecule has 0 aromatic carbocycles. The molecule has 1 aromatic heterocycles. The minimum absolute atomic E-state index is 0.184. The highest BCUT2D eigenvalue weighted by molar-refractivity contribution is 7.80. The molecule has 0 spiro atoms. The van der Waals surface area contributed by atoms with E-state index in [0.717, 1.165) is 0 Å². The van der Waals surface area contributed by atoms with Gasteiger partial charge in [-0.05, 0) is 32.9 Å². The first-order valence-corrected chi connectivity index (χ1v) is 7.56. The molecule has 1 amide bonds. The lowest BCUT2D eigenvalue weighted by molar-refractivity contribution is 0.0188. The van der Waals surface area contributed by atoms with Crippen LogP contribution in [0.1, 0.15) is 26.5 Å². The fraction of sp³-hybridized carbons (Fsp3) is 0.533. The molecular weight excluding hydrogens is 305 g/mol. The molecule has 0 radical (unpaired) electrons. The maximum Gasteiger partial charge on any atom is 0.410 e. The van der Waals surface area contributed by atoms with E-state index < -0.39 is 11.4 Å². The standard InChI is InChI=1S/C15H20FN3O2S/c1-15(2,3)21-14(20)19-9-7-18(8-10-19)13(22)12-11(16)5-4-6-17-12/h4-6H,7-10H2,1-3H3. The molecule has 1 fully saturated rings. The average molecular weight is 325 g/mol. The molecule has 0 saturated carbocycles. The second-order valence-electron chi connectivity index (χ2n) is 6.09. The molecule has 0 aliphatic carbocycles. The molecule has 1 aliphatic rings. The minimum atomic E-state index is -0.513. The van der Waals surface area contributed by atoms with Gasteiger partial charge in [0.05, 0.1) is 0 Å². The number of amides is 1. The number of thiocarbonyl (C=S) groups is 1. The van der Waals surface area contributed by atoms with E-state index in [4.69, 9.17) is 17.0 Å². The monoisotopic (exact) mass is 325 g/mol. The largest absolute Gasteiger partial charge is 0.444 e. The van der Waals surface area contributed by atoms with Crippen LogP contribution in [0.15, 0.2) is 18.3 Å². The number of halogens is 1.